The van der Waals surface area contributed by atoms with Gasteiger partial charge in [0.2, 0.25) is 0 Å². The molecule has 0 radical (unpaired) electrons. The van der Waals surface area contributed by atoms with Crippen LogP contribution in [0.5, 0.6) is 0 Å². The molecule has 4 unspecified atom stereocenters. The molecule has 0 bridgehead atoms. The van der Waals surface area contributed by atoms with Gasteiger partial charge in [-0.1, -0.05) is 434 Å². The molecule has 0 amide bonds. The van der Waals surface area contributed by atoms with Crippen LogP contribution in [0.4, 0.5) is 0 Å². The summed E-state index contributed by atoms with van der Waals surface area (Å²) in [6, 6.07) is 0. The van der Waals surface area contributed by atoms with Crippen molar-refractivity contribution >= 4 is 0 Å². The smallest absolute Gasteiger partial charge is 0.0359 e. The van der Waals surface area contributed by atoms with Crippen LogP contribution in [0.25, 0.3) is 0 Å². The lowest BCUT2D eigenvalue weighted by Gasteiger charge is -2.22. The maximum absolute atomic E-state index is 2.31. The Kier molecular flexibility index (Phi) is 98.0. The van der Waals surface area contributed by atoms with E-state index in [2.05, 4.69) is 318 Å². The van der Waals surface area contributed by atoms with Gasteiger partial charge >= 0.3 is 0 Å². The lowest BCUT2D eigenvalue weighted by atomic mass is 9.84. The van der Waals surface area contributed by atoms with Crippen molar-refractivity contribution in [2.45, 2.75) is 453 Å². The molecule has 0 heteroatoms. The van der Waals surface area contributed by atoms with Gasteiger partial charge in [-0.2, -0.15) is 0 Å². The molecule has 84 heavy (non-hydrogen) atoms. The fourth-order valence-corrected chi connectivity index (χ4v) is 6.62. The second-order valence-electron chi connectivity index (χ2n) is 33.5. The summed E-state index contributed by atoms with van der Waals surface area (Å²) in [5, 5.41) is 0. The standard InChI is InChI=1S/12C7H16/c1-6(2)7(3,4)5;1-6(2)5-7(3)4;2*1-5-6-7(2,3)4;2*1-5-7(3,4)6-2;3*1-5-7(4)6(2)3;2*1-4-6-7(3)5-2;1-4-7(5-2)6-3/h6H,1-5H3;6-7H,5H2,1-4H3;4*5-6H2,1-4H3;3*6-7H,5H2,1-4H3;3*7H,4-6H2,1-3H3/t;;;;;;7-;;;;;/m......0...../s1. The van der Waals surface area contributed by atoms with Gasteiger partial charge in [-0.3, -0.25) is 0 Å². The van der Waals surface area contributed by atoms with Gasteiger partial charge in [0.05, 0.1) is 0 Å². The van der Waals surface area contributed by atoms with Gasteiger partial charge in [0.15, 0.2) is 0 Å². The summed E-state index contributed by atoms with van der Waals surface area (Å²) in [5.41, 5.74) is 2.77. The Bertz CT molecular complexity index is 957. The highest BCUT2D eigenvalue weighted by molar-refractivity contribution is 4.65. The summed E-state index contributed by atoms with van der Waals surface area (Å²) in [6.45, 7) is 104. The molecule has 0 nitrogen and oxygen atoms in total. The highest BCUT2D eigenvalue weighted by Gasteiger charge is 2.14. The third kappa shape index (κ3) is 131. The zero-order valence-corrected chi connectivity index (χ0v) is 70.3. The molecule has 0 saturated heterocycles. The van der Waals surface area contributed by atoms with Crippen LogP contribution < -0.4 is 0 Å². The SMILES string of the molecule is CC(C)C(C)(C)C.CC(C)CC(C)C.CCC(C)(C)CC.CCC(C)(C)CC.CCC(C)C(C)C.CCC(C)C(C)C.CCC(CC)CC.CCCC(C)(C)C.CCCC(C)(C)C.CCCC(C)CC.CCCC(C)CC.CC[C@H](C)C(C)C. The quantitative estimate of drug-likeness (QED) is 0.0957. The molecule has 0 aliphatic carbocycles. The van der Waals surface area contributed by atoms with E-state index in [4.69, 9.17) is 0 Å². The summed E-state index contributed by atoms with van der Waals surface area (Å²) in [4.78, 5) is 0. The number of hydrogen-bond donors (Lipinski definition) is 0. The van der Waals surface area contributed by atoms with E-state index >= 15 is 0 Å². The van der Waals surface area contributed by atoms with Crippen LogP contribution in [0.15, 0.2) is 0 Å². The van der Waals surface area contributed by atoms with Crippen LogP contribution in [0.3, 0.4) is 0 Å². The molecular formula is C84H192. The third-order valence-corrected chi connectivity index (χ3v) is 18.5. The zero-order chi connectivity index (χ0) is 70.3. The van der Waals surface area contributed by atoms with E-state index in [1.807, 2.05) is 0 Å². The molecule has 0 aromatic heterocycles. The fourth-order valence-electron chi connectivity index (χ4n) is 6.62. The van der Waals surface area contributed by atoms with Crippen molar-refractivity contribution in [3.8, 4) is 0 Å². The van der Waals surface area contributed by atoms with E-state index in [-0.39, 0.29) is 0 Å². The van der Waals surface area contributed by atoms with Crippen LogP contribution in [0.1, 0.15) is 453 Å². The van der Waals surface area contributed by atoms with Crippen molar-refractivity contribution in [1.29, 1.82) is 0 Å². The minimum Gasteiger partial charge on any atom is -0.0654 e. The Hall–Kier alpha value is 0. The Morgan fingerprint density at radius 2 is 0.464 bits per heavy atom. The molecule has 0 rings (SSSR count). The van der Waals surface area contributed by atoms with Crippen LogP contribution in [0, 0.1) is 98.1 Å². The van der Waals surface area contributed by atoms with Crippen molar-refractivity contribution in [2.75, 3.05) is 0 Å². The predicted molar refractivity (Wildman–Crippen MR) is 412 cm³/mol. The maximum Gasteiger partial charge on any atom is -0.0359 e. The molecule has 5 atom stereocenters. The molecule has 0 fully saturated rings. The summed E-state index contributed by atoms with van der Waals surface area (Å²) in [6.07, 6.45) is 28.0. The number of hydrogen-bond acceptors (Lipinski definition) is 0. The second-order valence-corrected chi connectivity index (χ2v) is 33.5. The van der Waals surface area contributed by atoms with Crippen molar-refractivity contribution in [2.24, 2.45) is 98.1 Å². The van der Waals surface area contributed by atoms with E-state index in [0.29, 0.717) is 27.1 Å². The van der Waals surface area contributed by atoms with E-state index in [1.54, 1.807) is 0 Å². The Morgan fingerprint density at radius 1 is 0.262 bits per heavy atom. The summed E-state index contributed by atoms with van der Waals surface area (Å²) >= 11 is 0. The van der Waals surface area contributed by atoms with Crippen molar-refractivity contribution in [1.82, 2.24) is 0 Å². The van der Waals surface area contributed by atoms with E-state index in [9.17, 15) is 0 Å². The molecule has 0 spiro atoms. The summed E-state index contributed by atoms with van der Waals surface area (Å²) < 4.78 is 0. The fraction of sp³-hybridized carbons (Fsp3) is 1.00. The molecule has 0 saturated carbocycles. The first-order valence-electron chi connectivity index (χ1n) is 37.9. The monoisotopic (exact) mass is 1200 g/mol. The van der Waals surface area contributed by atoms with Gasteiger partial charge in [-0.05, 0) is 117 Å². The highest BCUT2D eigenvalue weighted by Crippen LogP contribution is 2.25. The highest BCUT2D eigenvalue weighted by atomic mass is 14.2. The van der Waals surface area contributed by atoms with Crippen LogP contribution in [0.2, 0.25) is 0 Å². The Balaban J connectivity index is -0.0000000673. The van der Waals surface area contributed by atoms with Gasteiger partial charge in [0.25, 0.3) is 0 Å². The molecule has 0 aromatic rings. The molecule has 0 N–H and O–H groups in total. The van der Waals surface area contributed by atoms with Crippen molar-refractivity contribution in [3.05, 3.63) is 0 Å². The third-order valence-electron chi connectivity index (χ3n) is 18.5. The first-order valence-corrected chi connectivity index (χ1v) is 37.9. The van der Waals surface area contributed by atoms with E-state index in [0.717, 1.165) is 71.0 Å². The van der Waals surface area contributed by atoms with E-state index in [1.165, 1.54) is 135 Å². The molecule has 0 heterocycles. The van der Waals surface area contributed by atoms with Crippen LogP contribution in [-0.4, -0.2) is 0 Å². The van der Waals surface area contributed by atoms with Gasteiger partial charge in [0.1, 0.15) is 0 Å². The van der Waals surface area contributed by atoms with Crippen LogP contribution in [-0.2, 0) is 0 Å². The van der Waals surface area contributed by atoms with Gasteiger partial charge in [-0.25, -0.2) is 0 Å². The predicted octanol–water partition coefficient (Wildman–Crippen LogP) is 33.3. The topological polar surface area (TPSA) is 0 Å². The van der Waals surface area contributed by atoms with Gasteiger partial charge in [0, 0.05) is 0 Å². The minimum atomic E-state index is 0.500. The molecule has 0 aliphatic heterocycles. The first kappa shape index (κ1) is 112. The van der Waals surface area contributed by atoms with Crippen LogP contribution >= 0.6 is 0 Å². The number of rotatable bonds is 23. The van der Waals surface area contributed by atoms with E-state index < -0.39 is 0 Å². The first-order chi connectivity index (χ1) is 37.9. The minimum absolute atomic E-state index is 0.500. The van der Waals surface area contributed by atoms with Gasteiger partial charge in [-0.15, -0.1) is 0 Å². The second kappa shape index (κ2) is 73.7. The van der Waals surface area contributed by atoms with Crippen molar-refractivity contribution in [3.63, 3.8) is 0 Å². The average molecular weight is 1200 g/mol. The average Bonchev–Trinajstić information content (AvgIpc) is 3.39. The molecule has 0 aliphatic rings. The Morgan fingerprint density at radius 3 is 0.476 bits per heavy atom. The Labute approximate surface area is 548 Å². The summed E-state index contributed by atoms with van der Waals surface area (Å²) in [5.74, 6) is 10.7. The summed E-state index contributed by atoms with van der Waals surface area (Å²) in [7, 11) is 0. The lowest BCUT2D eigenvalue weighted by molar-refractivity contribution is 0.283. The van der Waals surface area contributed by atoms with Crippen molar-refractivity contribution < 1.29 is 0 Å². The molecule has 0 aromatic carbocycles. The van der Waals surface area contributed by atoms with Gasteiger partial charge < -0.3 is 0 Å². The maximum atomic E-state index is 2.31. The normalized spacial score (nSPS) is 13.0. The lowest BCUT2D eigenvalue weighted by Crippen LogP contribution is -2.12. The largest absolute Gasteiger partial charge is 0.0654 e. The molecule has 528 valence electrons. The zero-order valence-electron chi connectivity index (χ0n) is 70.3. The molecular weight excluding hydrogens is 1010 g/mol.